The Morgan fingerprint density at radius 1 is 1.19 bits per heavy atom. The summed E-state index contributed by atoms with van der Waals surface area (Å²) in [6.07, 6.45) is 2.31. The molecule has 2 aromatic carbocycles. The molecule has 0 spiro atoms. The number of carbonyl (C=O) groups is 1. The number of carbonyl (C=O) groups excluding carboxylic acids is 1. The third kappa shape index (κ3) is 4.33. The predicted molar refractivity (Wildman–Crippen MR) is 99.3 cm³/mol. The van der Waals surface area contributed by atoms with Crippen LogP contribution in [0.25, 0.3) is 6.08 Å². The number of nitrogens with one attached hydrogen (secondary N) is 1. The van der Waals surface area contributed by atoms with Crippen LogP contribution < -0.4 is 14.8 Å². The first kappa shape index (κ1) is 18.9. The van der Waals surface area contributed by atoms with Gasteiger partial charge in [0.1, 0.15) is 11.6 Å². The van der Waals surface area contributed by atoms with Crippen molar-refractivity contribution in [3.05, 3.63) is 53.1 Å². The van der Waals surface area contributed by atoms with Gasteiger partial charge in [0.25, 0.3) is 5.91 Å². The molecule has 2 rings (SSSR count). The molecule has 1 amide bonds. The number of amides is 1. The molecule has 0 radical (unpaired) electrons. The maximum Gasteiger partial charge on any atom is 0.266 e. The maximum absolute atomic E-state index is 12.4. The summed E-state index contributed by atoms with van der Waals surface area (Å²) in [7, 11) is 2.81. The number of nitrogens with zero attached hydrogens (tertiary/aromatic N) is 1. The number of nitriles is 1. The molecule has 2 N–H and O–H groups in total. The summed E-state index contributed by atoms with van der Waals surface area (Å²) in [5.41, 5.74) is 2.17. The topological polar surface area (TPSA) is 91.6 Å². The Morgan fingerprint density at radius 3 is 2.23 bits per heavy atom. The molecule has 0 aromatic heterocycles. The first-order chi connectivity index (χ1) is 12.5. The van der Waals surface area contributed by atoms with E-state index in [9.17, 15) is 15.2 Å². The number of benzene rings is 2. The van der Waals surface area contributed by atoms with Crippen LogP contribution in [-0.4, -0.2) is 25.2 Å². The van der Waals surface area contributed by atoms with Crippen LogP contribution in [0.2, 0.25) is 0 Å². The highest BCUT2D eigenvalue weighted by molar-refractivity contribution is 6.09. The van der Waals surface area contributed by atoms with E-state index < -0.39 is 5.91 Å². The van der Waals surface area contributed by atoms with E-state index in [0.29, 0.717) is 11.3 Å². The Kier molecular flexibility index (Phi) is 6.23. The molecular formula is C20H20N2O4. The number of anilines is 1. The Bertz CT molecular complexity index is 839. The normalized spacial score (nSPS) is 10.8. The summed E-state index contributed by atoms with van der Waals surface area (Å²) in [5, 5.41) is 22.0. The van der Waals surface area contributed by atoms with Gasteiger partial charge in [0.15, 0.2) is 11.5 Å². The van der Waals surface area contributed by atoms with Crippen LogP contribution >= 0.6 is 0 Å². The fourth-order valence-corrected chi connectivity index (χ4v) is 2.33. The maximum atomic E-state index is 12.4. The number of ether oxygens (including phenoxy) is 2. The molecule has 26 heavy (non-hydrogen) atoms. The lowest BCUT2D eigenvalue weighted by Gasteiger charge is -2.10. The Labute approximate surface area is 152 Å². The van der Waals surface area contributed by atoms with Crippen molar-refractivity contribution in [2.24, 2.45) is 0 Å². The van der Waals surface area contributed by atoms with Crippen LogP contribution in [0.15, 0.2) is 42.0 Å². The first-order valence-electron chi connectivity index (χ1n) is 7.99. The number of phenols is 1. The molecule has 0 saturated heterocycles. The summed E-state index contributed by atoms with van der Waals surface area (Å²) in [6, 6.07) is 12.3. The highest BCUT2D eigenvalue weighted by Gasteiger charge is 2.13. The fraction of sp³-hybridized carbons (Fsp3) is 0.200. The summed E-state index contributed by atoms with van der Waals surface area (Å²) < 4.78 is 10.2. The van der Waals surface area contributed by atoms with Crippen LogP contribution in [0.5, 0.6) is 17.2 Å². The lowest BCUT2D eigenvalue weighted by molar-refractivity contribution is -0.112. The molecule has 0 aliphatic rings. The summed E-state index contributed by atoms with van der Waals surface area (Å²) >= 11 is 0. The van der Waals surface area contributed by atoms with Crippen LogP contribution in [0.1, 0.15) is 18.1 Å². The molecule has 0 atom stereocenters. The third-order valence-electron chi connectivity index (χ3n) is 3.80. The Morgan fingerprint density at radius 2 is 1.77 bits per heavy atom. The number of aromatic hydroxyl groups is 1. The molecule has 6 heteroatoms. The Hall–Kier alpha value is -3.46. The number of methoxy groups -OCH3 is 2. The van der Waals surface area contributed by atoms with Gasteiger partial charge in [0, 0.05) is 5.69 Å². The van der Waals surface area contributed by atoms with Gasteiger partial charge in [0.05, 0.1) is 14.2 Å². The van der Waals surface area contributed by atoms with Crippen molar-refractivity contribution in [2.45, 2.75) is 13.3 Å². The number of hydrogen-bond acceptors (Lipinski definition) is 5. The molecule has 0 aliphatic heterocycles. The average Bonchev–Trinajstić information content (AvgIpc) is 2.67. The Balaban J connectivity index is 2.29. The van der Waals surface area contributed by atoms with Crippen LogP contribution in [0.3, 0.4) is 0 Å². The van der Waals surface area contributed by atoms with Gasteiger partial charge in [-0.15, -0.1) is 0 Å². The second-order valence-corrected chi connectivity index (χ2v) is 5.45. The van der Waals surface area contributed by atoms with Crippen molar-refractivity contribution in [1.29, 1.82) is 5.26 Å². The van der Waals surface area contributed by atoms with E-state index in [4.69, 9.17) is 9.47 Å². The van der Waals surface area contributed by atoms with Crippen molar-refractivity contribution >= 4 is 17.7 Å². The highest BCUT2D eigenvalue weighted by atomic mass is 16.5. The molecular weight excluding hydrogens is 332 g/mol. The summed E-state index contributed by atoms with van der Waals surface area (Å²) in [6.45, 7) is 2.05. The zero-order valence-electron chi connectivity index (χ0n) is 14.9. The monoisotopic (exact) mass is 352 g/mol. The smallest absolute Gasteiger partial charge is 0.266 e. The second-order valence-electron chi connectivity index (χ2n) is 5.45. The lowest BCUT2D eigenvalue weighted by Crippen LogP contribution is -2.13. The zero-order chi connectivity index (χ0) is 19.1. The SMILES string of the molecule is CCc1ccc(NC(=O)/C(C#N)=C\c2cc(OC)c(O)c(OC)c2)cc1. The van der Waals surface area contributed by atoms with Crippen LogP contribution in [0.4, 0.5) is 5.69 Å². The molecule has 2 aromatic rings. The van der Waals surface area contributed by atoms with E-state index in [1.54, 1.807) is 12.1 Å². The molecule has 0 fully saturated rings. The molecule has 0 heterocycles. The average molecular weight is 352 g/mol. The van der Waals surface area contributed by atoms with Gasteiger partial charge in [-0.3, -0.25) is 4.79 Å². The van der Waals surface area contributed by atoms with Crippen LogP contribution in [0, 0.1) is 11.3 Å². The van der Waals surface area contributed by atoms with E-state index in [0.717, 1.165) is 12.0 Å². The number of phenolic OH excluding ortho intramolecular Hbond substituents is 1. The van der Waals surface area contributed by atoms with E-state index in [2.05, 4.69) is 5.32 Å². The van der Waals surface area contributed by atoms with Crippen molar-refractivity contribution in [2.75, 3.05) is 19.5 Å². The van der Waals surface area contributed by atoms with Gasteiger partial charge in [-0.1, -0.05) is 19.1 Å². The van der Waals surface area contributed by atoms with Crippen molar-refractivity contribution in [1.82, 2.24) is 0 Å². The summed E-state index contributed by atoms with van der Waals surface area (Å²) in [5.74, 6) is -0.305. The van der Waals surface area contributed by atoms with Gasteiger partial charge < -0.3 is 19.9 Å². The largest absolute Gasteiger partial charge is 0.502 e. The molecule has 0 bridgehead atoms. The molecule has 6 nitrogen and oxygen atoms in total. The van der Waals surface area contributed by atoms with Crippen molar-refractivity contribution in [3.8, 4) is 23.3 Å². The zero-order valence-corrected chi connectivity index (χ0v) is 14.9. The van der Waals surface area contributed by atoms with Crippen molar-refractivity contribution < 1.29 is 19.4 Å². The van der Waals surface area contributed by atoms with Gasteiger partial charge in [0.2, 0.25) is 5.75 Å². The van der Waals surface area contributed by atoms with E-state index in [1.807, 2.05) is 25.1 Å². The van der Waals surface area contributed by atoms with E-state index >= 15 is 0 Å². The minimum atomic E-state index is -0.525. The molecule has 0 saturated carbocycles. The minimum Gasteiger partial charge on any atom is -0.502 e. The van der Waals surface area contributed by atoms with Gasteiger partial charge in [-0.25, -0.2) is 0 Å². The van der Waals surface area contributed by atoms with Crippen molar-refractivity contribution in [3.63, 3.8) is 0 Å². The van der Waals surface area contributed by atoms with E-state index in [-0.39, 0.29) is 22.8 Å². The molecule has 0 aliphatic carbocycles. The van der Waals surface area contributed by atoms with Crippen LogP contribution in [-0.2, 0) is 11.2 Å². The minimum absolute atomic E-state index is 0.0839. The van der Waals surface area contributed by atoms with Gasteiger partial charge in [-0.2, -0.15) is 5.26 Å². The number of aryl methyl sites for hydroxylation is 1. The van der Waals surface area contributed by atoms with Gasteiger partial charge in [-0.05, 0) is 47.9 Å². The predicted octanol–water partition coefficient (Wildman–Crippen LogP) is 3.52. The highest BCUT2D eigenvalue weighted by Crippen LogP contribution is 2.37. The fourth-order valence-electron chi connectivity index (χ4n) is 2.33. The first-order valence-corrected chi connectivity index (χ1v) is 7.99. The lowest BCUT2D eigenvalue weighted by atomic mass is 10.1. The second kappa shape index (κ2) is 8.58. The molecule has 0 unspecified atom stereocenters. The summed E-state index contributed by atoms with van der Waals surface area (Å²) in [4.78, 5) is 12.4. The third-order valence-corrected chi connectivity index (χ3v) is 3.80. The number of hydrogen-bond donors (Lipinski definition) is 2. The molecule has 134 valence electrons. The standard InChI is InChI=1S/C20H20N2O4/c1-4-13-5-7-16(8-6-13)22-20(24)15(12-21)9-14-10-17(25-2)19(23)18(11-14)26-3/h5-11,23H,4H2,1-3H3,(H,22,24)/b15-9-. The van der Waals surface area contributed by atoms with Gasteiger partial charge >= 0.3 is 0 Å². The van der Waals surface area contributed by atoms with E-state index in [1.165, 1.54) is 32.4 Å². The number of rotatable bonds is 6. The quantitative estimate of drug-likeness (QED) is 0.613.